The summed E-state index contributed by atoms with van der Waals surface area (Å²) >= 11 is 0. The van der Waals surface area contributed by atoms with Crippen LogP contribution in [0.4, 0.5) is 5.95 Å². The van der Waals surface area contributed by atoms with Crippen LogP contribution in [0.2, 0.25) is 0 Å². The monoisotopic (exact) mass is 380 g/mol. The van der Waals surface area contributed by atoms with Crippen LogP contribution >= 0.6 is 0 Å². The molecule has 0 spiro atoms. The molecule has 1 aliphatic rings. The van der Waals surface area contributed by atoms with Gasteiger partial charge in [-0.15, -0.1) is 0 Å². The number of carbonyl (C=O) groups excluding carboxylic acids is 1. The molecule has 0 unspecified atom stereocenters. The summed E-state index contributed by atoms with van der Waals surface area (Å²) in [6.07, 6.45) is 5.39. The average molecular weight is 381 g/mol. The predicted molar refractivity (Wildman–Crippen MR) is 113 cm³/mol. The predicted octanol–water partition coefficient (Wildman–Crippen LogP) is 4.33. The molecule has 150 valence electrons. The fourth-order valence-corrected chi connectivity index (χ4v) is 3.82. The highest BCUT2D eigenvalue weighted by Gasteiger charge is 2.29. The van der Waals surface area contributed by atoms with Crippen LogP contribution in [0, 0.1) is 11.8 Å². The Balaban J connectivity index is 1.68. The zero-order valence-corrected chi connectivity index (χ0v) is 17.4. The molecule has 0 radical (unpaired) electrons. The second-order valence-corrected chi connectivity index (χ2v) is 8.39. The molecule has 1 saturated heterocycles. The number of hydrogen-bond acceptors (Lipinski definition) is 4. The van der Waals surface area contributed by atoms with E-state index in [0.717, 1.165) is 19.4 Å². The molecule has 2 aromatic rings. The normalized spacial score (nSPS) is 18.4. The number of rotatable bonds is 6. The summed E-state index contributed by atoms with van der Waals surface area (Å²) in [6, 6.07) is 10.5. The van der Waals surface area contributed by atoms with Gasteiger partial charge in [0, 0.05) is 25.5 Å². The smallest absolute Gasteiger partial charge is 0.225 e. The van der Waals surface area contributed by atoms with Crippen molar-refractivity contribution in [1.82, 2.24) is 15.3 Å². The van der Waals surface area contributed by atoms with Gasteiger partial charge in [0.2, 0.25) is 11.9 Å². The van der Waals surface area contributed by atoms with E-state index in [2.05, 4.69) is 72.1 Å². The second-order valence-electron chi connectivity index (χ2n) is 8.39. The van der Waals surface area contributed by atoms with Crippen molar-refractivity contribution < 1.29 is 4.79 Å². The Morgan fingerprint density at radius 3 is 2.32 bits per heavy atom. The number of piperidine rings is 1. The Kier molecular flexibility index (Phi) is 6.65. The Hall–Kier alpha value is -2.43. The number of amides is 1. The van der Waals surface area contributed by atoms with Crippen molar-refractivity contribution in [3.05, 3.63) is 53.9 Å². The van der Waals surface area contributed by atoms with E-state index in [1.807, 2.05) is 6.07 Å². The number of hydrogen-bond donors (Lipinski definition) is 1. The van der Waals surface area contributed by atoms with Crippen molar-refractivity contribution in [3.8, 4) is 0 Å². The molecule has 0 bridgehead atoms. The number of carbonyl (C=O) groups is 1. The third-order valence-electron chi connectivity index (χ3n) is 5.55. The van der Waals surface area contributed by atoms with Crippen LogP contribution in [-0.4, -0.2) is 29.0 Å². The van der Waals surface area contributed by atoms with Gasteiger partial charge in [0.05, 0.1) is 12.0 Å². The maximum absolute atomic E-state index is 13.1. The minimum absolute atomic E-state index is 0.0251. The Morgan fingerprint density at radius 1 is 1.07 bits per heavy atom. The molecule has 1 fully saturated rings. The average Bonchev–Trinajstić information content (AvgIpc) is 2.72. The third-order valence-corrected chi connectivity index (χ3v) is 5.55. The summed E-state index contributed by atoms with van der Waals surface area (Å²) in [6.45, 7) is 10.3. The molecule has 1 aliphatic heterocycles. The van der Waals surface area contributed by atoms with Crippen molar-refractivity contribution >= 4 is 11.9 Å². The molecule has 0 saturated carbocycles. The minimum Gasteiger partial charge on any atom is -0.349 e. The summed E-state index contributed by atoms with van der Waals surface area (Å²) in [5.41, 5.74) is 2.50. The molecule has 1 aromatic heterocycles. The van der Waals surface area contributed by atoms with Gasteiger partial charge in [-0.25, -0.2) is 9.97 Å². The Labute approximate surface area is 168 Å². The molecule has 2 atom stereocenters. The zero-order chi connectivity index (χ0) is 20.1. The highest BCUT2D eigenvalue weighted by Crippen LogP contribution is 2.26. The number of nitrogens with zero attached hydrogens (tertiary/aromatic N) is 3. The second kappa shape index (κ2) is 9.18. The van der Waals surface area contributed by atoms with E-state index in [1.54, 1.807) is 12.4 Å². The van der Waals surface area contributed by atoms with E-state index in [9.17, 15) is 4.79 Å². The van der Waals surface area contributed by atoms with Crippen molar-refractivity contribution in [2.45, 2.75) is 52.5 Å². The molecule has 0 aliphatic carbocycles. The molecule has 5 heteroatoms. The lowest BCUT2D eigenvalue weighted by Gasteiger charge is -2.33. The van der Waals surface area contributed by atoms with Gasteiger partial charge in [-0.3, -0.25) is 4.79 Å². The topological polar surface area (TPSA) is 58.1 Å². The first kappa shape index (κ1) is 20.3. The van der Waals surface area contributed by atoms with Crippen LogP contribution in [-0.2, 0) is 4.79 Å². The van der Waals surface area contributed by atoms with E-state index in [-0.39, 0.29) is 17.9 Å². The largest absolute Gasteiger partial charge is 0.349 e. The molecule has 2 heterocycles. The molecule has 28 heavy (non-hydrogen) atoms. The van der Waals surface area contributed by atoms with Crippen LogP contribution in [0.15, 0.2) is 42.7 Å². The van der Waals surface area contributed by atoms with E-state index >= 15 is 0 Å². The number of anilines is 1. The van der Waals surface area contributed by atoms with Gasteiger partial charge in [-0.2, -0.15) is 0 Å². The number of benzene rings is 1. The maximum Gasteiger partial charge on any atom is 0.225 e. The Morgan fingerprint density at radius 2 is 1.71 bits per heavy atom. The van der Waals surface area contributed by atoms with Gasteiger partial charge in [-0.1, -0.05) is 52.0 Å². The van der Waals surface area contributed by atoms with Crippen LogP contribution < -0.4 is 10.2 Å². The van der Waals surface area contributed by atoms with Crippen molar-refractivity contribution in [3.63, 3.8) is 0 Å². The SMILES string of the molecule is CC(C)c1ccc([C@H](NC(=O)[C@@H]2CCCN(c3ncccn3)C2)C(C)C)cc1. The third kappa shape index (κ3) is 4.89. The first-order chi connectivity index (χ1) is 13.5. The van der Waals surface area contributed by atoms with Crippen LogP contribution in [0.25, 0.3) is 0 Å². The summed E-state index contributed by atoms with van der Waals surface area (Å²) in [5.74, 6) is 1.64. The quantitative estimate of drug-likeness (QED) is 0.810. The van der Waals surface area contributed by atoms with Gasteiger partial charge in [0.1, 0.15) is 0 Å². The van der Waals surface area contributed by atoms with Gasteiger partial charge in [0.15, 0.2) is 0 Å². The molecule has 1 amide bonds. The highest BCUT2D eigenvalue weighted by molar-refractivity contribution is 5.80. The zero-order valence-electron chi connectivity index (χ0n) is 17.4. The number of nitrogens with one attached hydrogen (secondary N) is 1. The highest BCUT2D eigenvalue weighted by atomic mass is 16.2. The maximum atomic E-state index is 13.1. The summed E-state index contributed by atoms with van der Waals surface area (Å²) < 4.78 is 0. The lowest BCUT2D eigenvalue weighted by atomic mass is 9.91. The first-order valence-electron chi connectivity index (χ1n) is 10.4. The fraction of sp³-hybridized carbons (Fsp3) is 0.522. The van der Waals surface area contributed by atoms with Crippen molar-refractivity contribution in [1.29, 1.82) is 0 Å². The van der Waals surface area contributed by atoms with Gasteiger partial charge in [-0.05, 0) is 41.9 Å². The molecule has 1 N–H and O–H groups in total. The molecule has 5 nitrogen and oxygen atoms in total. The number of aromatic nitrogens is 2. The standard InChI is InChI=1S/C23H32N4O/c1-16(2)18-8-10-19(11-9-18)21(17(3)4)26-22(28)20-7-5-14-27(15-20)23-24-12-6-13-25-23/h6,8-13,16-17,20-21H,5,7,14-15H2,1-4H3,(H,26,28)/t20-,21-/m1/s1. The lowest BCUT2D eigenvalue weighted by Crippen LogP contribution is -2.45. The van der Waals surface area contributed by atoms with Crippen molar-refractivity contribution in [2.24, 2.45) is 11.8 Å². The van der Waals surface area contributed by atoms with E-state index in [4.69, 9.17) is 0 Å². The van der Waals surface area contributed by atoms with Crippen LogP contribution in [0.3, 0.4) is 0 Å². The van der Waals surface area contributed by atoms with E-state index in [1.165, 1.54) is 11.1 Å². The first-order valence-corrected chi connectivity index (χ1v) is 10.4. The fourth-order valence-electron chi connectivity index (χ4n) is 3.82. The molecule has 1 aromatic carbocycles. The van der Waals surface area contributed by atoms with Crippen molar-refractivity contribution in [2.75, 3.05) is 18.0 Å². The summed E-state index contributed by atoms with van der Waals surface area (Å²) in [7, 11) is 0. The van der Waals surface area contributed by atoms with Gasteiger partial charge < -0.3 is 10.2 Å². The molecular formula is C23H32N4O. The van der Waals surface area contributed by atoms with Gasteiger partial charge in [0.25, 0.3) is 0 Å². The van der Waals surface area contributed by atoms with E-state index < -0.39 is 0 Å². The van der Waals surface area contributed by atoms with E-state index in [0.29, 0.717) is 24.3 Å². The summed E-state index contributed by atoms with van der Waals surface area (Å²) in [5, 5.41) is 3.32. The van der Waals surface area contributed by atoms with Crippen LogP contribution in [0.5, 0.6) is 0 Å². The minimum atomic E-state index is -0.0336. The lowest BCUT2D eigenvalue weighted by molar-refractivity contribution is -0.126. The molecular weight excluding hydrogens is 348 g/mol. The van der Waals surface area contributed by atoms with Crippen LogP contribution in [0.1, 0.15) is 63.6 Å². The van der Waals surface area contributed by atoms with Gasteiger partial charge >= 0.3 is 0 Å². The molecule has 3 rings (SSSR count). The Bertz CT molecular complexity index is 758. The summed E-state index contributed by atoms with van der Waals surface area (Å²) in [4.78, 5) is 23.9.